The maximum Gasteiger partial charge on any atom is 0.135 e. The normalized spacial score (nSPS) is 13.3. The zero-order chi connectivity index (χ0) is 17.6. The summed E-state index contributed by atoms with van der Waals surface area (Å²) in [6.45, 7) is 2.61. The number of aryl methyl sites for hydroxylation is 1. The predicted molar refractivity (Wildman–Crippen MR) is 96.2 cm³/mol. The summed E-state index contributed by atoms with van der Waals surface area (Å²) >= 11 is 0. The number of anilines is 3. The first kappa shape index (κ1) is 15.6. The molecule has 0 aliphatic carbocycles. The van der Waals surface area contributed by atoms with Crippen LogP contribution < -0.4 is 9.80 Å². The Morgan fingerprint density at radius 1 is 0.960 bits per heavy atom. The number of aromatic nitrogens is 1. The molecule has 3 aromatic rings. The van der Waals surface area contributed by atoms with Crippen molar-refractivity contribution in [1.82, 2.24) is 4.98 Å². The van der Waals surface area contributed by atoms with Gasteiger partial charge in [0.25, 0.3) is 0 Å². The molecule has 0 spiro atoms. The minimum absolute atomic E-state index is 0.298. The number of halogens is 2. The van der Waals surface area contributed by atoms with Crippen LogP contribution in [0.25, 0.3) is 11.3 Å². The third-order valence-corrected chi connectivity index (χ3v) is 4.38. The second-order valence-corrected chi connectivity index (χ2v) is 6.27. The maximum atomic E-state index is 14.2. The lowest BCUT2D eigenvalue weighted by atomic mass is 10.1. The van der Waals surface area contributed by atoms with Gasteiger partial charge < -0.3 is 9.80 Å². The highest BCUT2D eigenvalue weighted by atomic mass is 19.1. The average Bonchev–Trinajstić information content (AvgIpc) is 2.92. The maximum absolute atomic E-state index is 14.2. The van der Waals surface area contributed by atoms with Crippen molar-refractivity contribution in [3.8, 4) is 11.3 Å². The van der Waals surface area contributed by atoms with Crippen LogP contribution in [0.15, 0.2) is 54.6 Å². The Labute approximate surface area is 145 Å². The third-order valence-electron chi connectivity index (χ3n) is 4.38. The molecular weight excluding hydrogens is 320 g/mol. The van der Waals surface area contributed by atoms with E-state index in [-0.39, 0.29) is 0 Å². The van der Waals surface area contributed by atoms with Gasteiger partial charge in [-0.2, -0.15) is 0 Å². The lowest BCUT2D eigenvalue weighted by molar-refractivity contribution is 0.585. The summed E-state index contributed by atoms with van der Waals surface area (Å²) in [5, 5.41) is 0. The molecule has 126 valence electrons. The van der Waals surface area contributed by atoms with Crippen molar-refractivity contribution in [2.45, 2.75) is 6.92 Å². The average molecular weight is 337 g/mol. The lowest BCUT2D eigenvalue weighted by Crippen LogP contribution is -2.24. The van der Waals surface area contributed by atoms with Crippen LogP contribution in [0.2, 0.25) is 0 Å². The molecule has 1 aromatic heterocycles. The van der Waals surface area contributed by atoms with Gasteiger partial charge in [-0.05, 0) is 48.9 Å². The second kappa shape index (κ2) is 5.84. The first-order valence-electron chi connectivity index (χ1n) is 8.05. The smallest absolute Gasteiger partial charge is 0.135 e. The standard InChI is InChI=1S/C20H17F2N3/c1-13-9-17(15-8-7-14(21)11-16(15)22)23-20(10-13)25-12-24(2)18-5-3-4-6-19(18)25/h3-11H,12H2,1-2H3. The van der Waals surface area contributed by atoms with Crippen LogP contribution >= 0.6 is 0 Å². The molecular formula is C20H17F2N3. The Morgan fingerprint density at radius 2 is 1.72 bits per heavy atom. The molecule has 0 fully saturated rings. The Balaban J connectivity index is 1.81. The van der Waals surface area contributed by atoms with Gasteiger partial charge in [-0.3, -0.25) is 0 Å². The highest BCUT2D eigenvalue weighted by Gasteiger charge is 2.25. The molecule has 1 aliphatic heterocycles. The van der Waals surface area contributed by atoms with Crippen molar-refractivity contribution in [2.75, 3.05) is 23.5 Å². The van der Waals surface area contributed by atoms with Crippen molar-refractivity contribution >= 4 is 17.2 Å². The molecule has 1 aliphatic rings. The van der Waals surface area contributed by atoms with E-state index in [0.29, 0.717) is 17.9 Å². The van der Waals surface area contributed by atoms with E-state index in [2.05, 4.69) is 20.9 Å². The monoisotopic (exact) mass is 337 g/mol. The van der Waals surface area contributed by atoms with Gasteiger partial charge in [0.2, 0.25) is 0 Å². The number of nitrogens with zero attached hydrogens (tertiary/aromatic N) is 3. The molecule has 2 aromatic carbocycles. The zero-order valence-electron chi connectivity index (χ0n) is 14.0. The number of hydrogen-bond acceptors (Lipinski definition) is 3. The molecule has 0 atom stereocenters. The molecule has 2 heterocycles. The number of rotatable bonds is 2. The minimum Gasteiger partial charge on any atom is -0.355 e. The van der Waals surface area contributed by atoms with Crippen molar-refractivity contribution in [3.05, 3.63) is 71.8 Å². The molecule has 3 nitrogen and oxygen atoms in total. The Hall–Kier alpha value is -2.95. The van der Waals surface area contributed by atoms with E-state index in [1.54, 1.807) is 0 Å². The molecule has 0 bridgehead atoms. The van der Waals surface area contributed by atoms with Crippen molar-refractivity contribution < 1.29 is 8.78 Å². The fraction of sp³-hybridized carbons (Fsp3) is 0.150. The molecule has 0 N–H and O–H groups in total. The fourth-order valence-corrected chi connectivity index (χ4v) is 3.20. The molecule has 5 heteroatoms. The van der Waals surface area contributed by atoms with Crippen molar-refractivity contribution in [2.24, 2.45) is 0 Å². The van der Waals surface area contributed by atoms with Crippen LogP contribution in [0.4, 0.5) is 26.0 Å². The summed E-state index contributed by atoms with van der Waals surface area (Å²) in [4.78, 5) is 8.87. The summed E-state index contributed by atoms with van der Waals surface area (Å²) in [5.41, 5.74) is 3.96. The van der Waals surface area contributed by atoms with E-state index in [4.69, 9.17) is 0 Å². The fourth-order valence-electron chi connectivity index (χ4n) is 3.20. The number of hydrogen-bond donors (Lipinski definition) is 0. The largest absolute Gasteiger partial charge is 0.355 e. The van der Waals surface area contributed by atoms with Gasteiger partial charge in [0.1, 0.15) is 17.5 Å². The SMILES string of the molecule is Cc1cc(-c2ccc(F)cc2F)nc(N2CN(C)c3ccccc32)c1. The van der Waals surface area contributed by atoms with Crippen LogP contribution in [0.3, 0.4) is 0 Å². The van der Waals surface area contributed by atoms with Crippen LogP contribution in [-0.2, 0) is 0 Å². The molecule has 0 saturated heterocycles. The topological polar surface area (TPSA) is 19.4 Å². The van der Waals surface area contributed by atoms with Crippen LogP contribution in [0, 0.1) is 18.6 Å². The van der Waals surface area contributed by atoms with E-state index in [1.165, 1.54) is 12.1 Å². The predicted octanol–water partition coefficient (Wildman–Crippen LogP) is 4.88. The van der Waals surface area contributed by atoms with E-state index in [9.17, 15) is 8.78 Å². The minimum atomic E-state index is -0.608. The van der Waals surface area contributed by atoms with E-state index >= 15 is 0 Å². The van der Waals surface area contributed by atoms with E-state index in [1.807, 2.05) is 44.3 Å². The Kier molecular flexibility index (Phi) is 3.64. The first-order valence-corrected chi connectivity index (χ1v) is 8.05. The van der Waals surface area contributed by atoms with Gasteiger partial charge in [-0.1, -0.05) is 12.1 Å². The summed E-state index contributed by atoms with van der Waals surface area (Å²) in [7, 11) is 2.02. The van der Waals surface area contributed by atoms with Gasteiger partial charge in [-0.25, -0.2) is 13.8 Å². The van der Waals surface area contributed by atoms with Crippen molar-refractivity contribution in [3.63, 3.8) is 0 Å². The van der Waals surface area contributed by atoms with Gasteiger partial charge in [0, 0.05) is 18.7 Å². The molecule has 0 radical (unpaired) electrons. The first-order chi connectivity index (χ1) is 12.0. The highest BCUT2D eigenvalue weighted by molar-refractivity contribution is 5.81. The van der Waals surface area contributed by atoms with Gasteiger partial charge in [0.05, 0.1) is 23.7 Å². The van der Waals surface area contributed by atoms with Gasteiger partial charge in [0.15, 0.2) is 0 Å². The zero-order valence-corrected chi connectivity index (χ0v) is 14.0. The Bertz CT molecular complexity index is 955. The number of benzene rings is 2. The number of fused-ring (bicyclic) bond motifs is 1. The second-order valence-electron chi connectivity index (χ2n) is 6.27. The summed E-state index contributed by atoms with van der Waals surface area (Å²) < 4.78 is 27.4. The van der Waals surface area contributed by atoms with Gasteiger partial charge >= 0.3 is 0 Å². The van der Waals surface area contributed by atoms with Crippen molar-refractivity contribution in [1.29, 1.82) is 0 Å². The quantitative estimate of drug-likeness (QED) is 0.664. The highest BCUT2D eigenvalue weighted by Crippen LogP contribution is 2.39. The van der Waals surface area contributed by atoms with E-state index in [0.717, 1.165) is 28.8 Å². The molecule has 25 heavy (non-hydrogen) atoms. The van der Waals surface area contributed by atoms with Crippen LogP contribution in [0.1, 0.15) is 5.56 Å². The molecule has 0 saturated carbocycles. The summed E-state index contributed by atoms with van der Waals surface area (Å²) in [5.74, 6) is -0.456. The van der Waals surface area contributed by atoms with Crippen LogP contribution in [0.5, 0.6) is 0 Å². The van der Waals surface area contributed by atoms with Crippen LogP contribution in [-0.4, -0.2) is 18.7 Å². The molecule has 0 amide bonds. The number of para-hydroxylation sites is 2. The Morgan fingerprint density at radius 3 is 2.48 bits per heavy atom. The molecule has 0 unspecified atom stereocenters. The third kappa shape index (κ3) is 2.71. The number of pyridine rings is 1. The molecule has 4 rings (SSSR count). The van der Waals surface area contributed by atoms with Gasteiger partial charge in [-0.15, -0.1) is 0 Å². The van der Waals surface area contributed by atoms with E-state index < -0.39 is 11.6 Å². The summed E-state index contributed by atoms with van der Waals surface area (Å²) in [6, 6.07) is 15.4. The lowest BCUT2D eigenvalue weighted by Gasteiger charge is -2.20. The summed E-state index contributed by atoms with van der Waals surface area (Å²) in [6.07, 6.45) is 0.